The second-order valence-corrected chi connectivity index (χ2v) is 8.24. The summed E-state index contributed by atoms with van der Waals surface area (Å²) in [5.41, 5.74) is 1.57. The van der Waals surface area contributed by atoms with Gasteiger partial charge in [0.2, 0.25) is 0 Å². The highest BCUT2D eigenvalue weighted by Crippen LogP contribution is 2.39. The minimum atomic E-state index is 0.299. The van der Waals surface area contributed by atoms with Crippen LogP contribution in [0.5, 0.6) is 0 Å². The molecule has 1 fully saturated rings. The van der Waals surface area contributed by atoms with E-state index in [2.05, 4.69) is 39.1 Å². The van der Waals surface area contributed by atoms with E-state index in [0.717, 1.165) is 5.92 Å². The van der Waals surface area contributed by atoms with Crippen molar-refractivity contribution in [3.05, 3.63) is 33.8 Å². The normalized spacial score (nSPS) is 24.9. The zero-order valence-corrected chi connectivity index (χ0v) is 15.1. The Bertz CT molecular complexity index is 479. The van der Waals surface area contributed by atoms with E-state index in [1.165, 1.54) is 31.2 Å². The SMILES string of the molecule is CC(NC1CCCCC1C(C)(C)C)c1ccc(Cl)c(Cl)c1. The van der Waals surface area contributed by atoms with Crippen LogP contribution in [0.15, 0.2) is 18.2 Å². The molecule has 0 amide bonds. The van der Waals surface area contributed by atoms with Crippen molar-refractivity contribution in [1.82, 2.24) is 5.32 Å². The summed E-state index contributed by atoms with van der Waals surface area (Å²) in [5.74, 6) is 0.733. The molecule has 1 aliphatic rings. The highest BCUT2D eigenvalue weighted by Gasteiger charge is 2.34. The first-order chi connectivity index (χ1) is 9.79. The van der Waals surface area contributed by atoms with Gasteiger partial charge in [-0.25, -0.2) is 0 Å². The third-order valence-electron chi connectivity index (χ3n) is 4.79. The van der Waals surface area contributed by atoms with Crippen molar-refractivity contribution < 1.29 is 0 Å². The third kappa shape index (κ3) is 4.37. The summed E-state index contributed by atoms with van der Waals surface area (Å²) in [5, 5.41) is 5.10. The first-order valence-electron chi connectivity index (χ1n) is 8.00. The molecule has 0 spiro atoms. The maximum atomic E-state index is 6.14. The van der Waals surface area contributed by atoms with Crippen LogP contribution in [0.1, 0.15) is 65.0 Å². The predicted molar refractivity (Wildman–Crippen MR) is 93.2 cm³/mol. The fourth-order valence-corrected chi connectivity index (χ4v) is 3.87. The van der Waals surface area contributed by atoms with Gasteiger partial charge in [0.1, 0.15) is 0 Å². The highest BCUT2D eigenvalue weighted by atomic mass is 35.5. The van der Waals surface area contributed by atoms with Crippen LogP contribution in [-0.2, 0) is 0 Å². The smallest absolute Gasteiger partial charge is 0.0595 e. The van der Waals surface area contributed by atoms with E-state index in [0.29, 0.717) is 27.5 Å². The largest absolute Gasteiger partial charge is 0.307 e. The Morgan fingerprint density at radius 3 is 2.38 bits per heavy atom. The van der Waals surface area contributed by atoms with Gasteiger partial charge in [0.05, 0.1) is 10.0 Å². The van der Waals surface area contributed by atoms with Crippen molar-refractivity contribution in [3.63, 3.8) is 0 Å². The molecule has 0 aromatic heterocycles. The number of hydrogen-bond donors (Lipinski definition) is 1. The molecule has 1 aromatic carbocycles. The molecule has 3 atom stereocenters. The molecule has 3 heteroatoms. The first-order valence-corrected chi connectivity index (χ1v) is 8.75. The van der Waals surface area contributed by atoms with Crippen molar-refractivity contribution in [2.24, 2.45) is 11.3 Å². The molecule has 2 rings (SSSR count). The van der Waals surface area contributed by atoms with E-state index in [4.69, 9.17) is 23.2 Å². The number of benzene rings is 1. The summed E-state index contributed by atoms with van der Waals surface area (Å²) in [6.07, 6.45) is 5.29. The summed E-state index contributed by atoms with van der Waals surface area (Å²) >= 11 is 12.2. The van der Waals surface area contributed by atoms with E-state index in [1.807, 2.05) is 12.1 Å². The van der Waals surface area contributed by atoms with Crippen LogP contribution < -0.4 is 5.32 Å². The van der Waals surface area contributed by atoms with Gasteiger partial charge in [0.15, 0.2) is 0 Å². The molecule has 3 unspecified atom stereocenters. The van der Waals surface area contributed by atoms with Gasteiger partial charge in [-0.1, -0.05) is 62.9 Å². The Balaban J connectivity index is 2.09. The summed E-state index contributed by atoms with van der Waals surface area (Å²) in [7, 11) is 0. The van der Waals surface area contributed by atoms with Crippen molar-refractivity contribution in [2.75, 3.05) is 0 Å². The molecule has 1 nitrogen and oxygen atoms in total. The van der Waals surface area contributed by atoms with Gasteiger partial charge in [-0.3, -0.25) is 0 Å². The van der Waals surface area contributed by atoms with E-state index in [1.54, 1.807) is 0 Å². The highest BCUT2D eigenvalue weighted by molar-refractivity contribution is 6.42. The zero-order valence-electron chi connectivity index (χ0n) is 13.5. The zero-order chi connectivity index (χ0) is 15.6. The van der Waals surface area contributed by atoms with Gasteiger partial charge < -0.3 is 5.32 Å². The maximum Gasteiger partial charge on any atom is 0.0595 e. The van der Waals surface area contributed by atoms with Crippen LogP contribution >= 0.6 is 23.2 Å². The van der Waals surface area contributed by atoms with E-state index in [-0.39, 0.29) is 0 Å². The van der Waals surface area contributed by atoms with Crippen LogP contribution in [0.3, 0.4) is 0 Å². The van der Waals surface area contributed by atoms with Crippen LogP contribution in [0.2, 0.25) is 10.0 Å². The van der Waals surface area contributed by atoms with Crippen molar-refractivity contribution in [2.45, 2.75) is 65.5 Å². The molecule has 118 valence electrons. The lowest BCUT2D eigenvalue weighted by molar-refractivity contribution is 0.124. The molecule has 0 heterocycles. The Morgan fingerprint density at radius 2 is 1.76 bits per heavy atom. The molecule has 1 aliphatic carbocycles. The lowest BCUT2D eigenvalue weighted by Gasteiger charge is -2.42. The molecule has 1 saturated carbocycles. The lowest BCUT2D eigenvalue weighted by Crippen LogP contribution is -2.45. The maximum absolute atomic E-state index is 6.14. The number of halogens is 2. The first kappa shape index (κ1) is 17.1. The summed E-state index contributed by atoms with van der Waals surface area (Å²) in [4.78, 5) is 0. The Hall–Kier alpha value is -0.240. The quantitative estimate of drug-likeness (QED) is 0.691. The van der Waals surface area contributed by atoms with Gasteiger partial charge in [-0.2, -0.15) is 0 Å². The average Bonchev–Trinajstić information content (AvgIpc) is 2.41. The predicted octanol–water partition coefficient (Wildman–Crippen LogP) is 6.25. The number of rotatable bonds is 3. The van der Waals surface area contributed by atoms with Gasteiger partial charge in [-0.15, -0.1) is 0 Å². The minimum Gasteiger partial charge on any atom is -0.307 e. The molecule has 1 N–H and O–H groups in total. The van der Waals surface area contributed by atoms with Crippen LogP contribution in [-0.4, -0.2) is 6.04 Å². The van der Waals surface area contributed by atoms with E-state index >= 15 is 0 Å². The fourth-order valence-electron chi connectivity index (χ4n) is 3.57. The third-order valence-corrected chi connectivity index (χ3v) is 5.53. The number of nitrogens with one attached hydrogen (secondary N) is 1. The Kier molecular flexibility index (Phi) is 5.62. The summed E-state index contributed by atoms with van der Waals surface area (Å²) in [6.45, 7) is 9.30. The lowest BCUT2D eigenvalue weighted by atomic mass is 9.69. The topological polar surface area (TPSA) is 12.0 Å². The summed E-state index contributed by atoms with van der Waals surface area (Å²) in [6, 6.07) is 6.83. The Labute approximate surface area is 139 Å². The van der Waals surface area contributed by atoms with E-state index < -0.39 is 0 Å². The molecule has 0 radical (unpaired) electrons. The van der Waals surface area contributed by atoms with Crippen LogP contribution in [0.4, 0.5) is 0 Å². The van der Waals surface area contributed by atoms with Crippen molar-refractivity contribution >= 4 is 23.2 Å². The average molecular weight is 328 g/mol. The monoisotopic (exact) mass is 327 g/mol. The van der Waals surface area contributed by atoms with Gasteiger partial charge in [-0.05, 0) is 48.8 Å². The number of hydrogen-bond acceptors (Lipinski definition) is 1. The molecule has 1 aromatic rings. The molecule has 21 heavy (non-hydrogen) atoms. The van der Waals surface area contributed by atoms with Crippen molar-refractivity contribution in [3.8, 4) is 0 Å². The van der Waals surface area contributed by atoms with Crippen molar-refractivity contribution in [1.29, 1.82) is 0 Å². The van der Waals surface area contributed by atoms with Crippen LogP contribution in [0, 0.1) is 11.3 Å². The van der Waals surface area contributed by atoms with E-state index in [9.17, 15) is 0 Å². The molecular weight excluding hydrogens is 301 g/mol. The van der Waals surface area contributed by atoms with Gasteiger partial charge >= 0.3 is 0 Å². The van der Waals surface area contributed by atoms with Gasteiger partial charge in [0.25, 0.3) is 0 Å². The fraction of sp³-hybridized carbons (Fsp3) is 0.667. The molecule has 0 saturated heterocycles. The molecular formula is C18H27Cl2N. The van der Waals surface area contributed by atoms with Gasteiger partial charge in [0, 0.05) is 12.1 Å². The second kappa shape index (κ2) is 6.89. The summed E-state index contributed by atoms with van der Waals surface area (Å²) < 4.78 is 0. The molecule has 0 aliphatic heterocycles. The Morgan fingerprint density at radius 1 is 1.10 bits per heavy atom. The van der Waals surface area contributed by atoms with Crippen LogP contribution in [0.25, 0.3) is 0 Å². The molecule has 0 bridgehead atoms. The standard InChI is InChI=1S/C18H27Cl2N/c1-12(13-9-10-15(19)16(20)11-13)21-17-8-6-5-7-14(17)18(2,3)4/h9-12,14,17,21H,5-8H2,1-4H3. The minimum absolute atomic E-state index is 0.299. The second-order valence-electron chi connectivity index (χ2n) is 7.43.